The highest BCUT2D eigenvalue weighted by Crippen LogP contribution is 2.35. The molecule has 1 aliphatic heterocycles. The summed E-state index contributed by atoms with van der Waals surface area (Å²) in [5, 5.41) is 5.75. The number of carbonyl (C=O) groups is 1. The third kappa shape index (κ3) is 3.31. The summed E-state index contributed by atoms with van der Waals surface area (Å²) in [5.41, 5.74) is 0.553. The van der Waals surface area contributed by atoms with Gasteiger partial charge in [-0.05, 0) is 25.0 Å². The predicted octanol–water partition coefficient (Wildman–Crippen LogP) is 1.90. The summed E-state index contributed by atoms with van der Waals surface area (Å²) in [7, 11) is 1.52. The van der Waals surface area contributed by atoms with E-state index in [-0.39, 0.29) is 12.1 Å². The van der Waals surface area contributed by atoms with E-state index in [0.717, 1.165) is 25.7 Å². The smallest absolute Gasteiger partial charge is 0.319 e. The first-order valence-electron chi connectivity index (χ1n) is 7.55. The monoisotopic (exact) mass is 307 g/mol. The Kier molecular flexibility index (Phi) is 4.44. The van der Waals surface area contributed by atoms with Crippen molar-refractivity contribution >= 4 is 11.7 Å². The van der Waals surface area contributed by atoms with Crippen LogP contribution in [0.25, 0.3) is 0 Å². The number of methoxy groups -OCH3 is 1. The maximum atomic E-state index is 12.1. The minimum absolute atomic E-state index is 0.126. The van der Waals surface area contributed by atoms with Gasteiger partial charge >= 0.3 is 6.03 Å². The second-order valence-electron chi connectivity index (χ2n) is 5.54. The molecule has 1 aromatic heterocycles. The first-order valence-corrected chi connectivity index (χ1v) is 7.55. The maximum absolute atomic E-state index is 12.1. The quantitative estimate of drug-likeness (QED) is 0.891. The third-order valence-electron chi connectivity index (χ3n) is 4.11. The molecule has 0 radical (unpaired) electrons. The number of carbonyl (C=O) groups excluding carboxylic acids is 1. The van der Waals surface area contributed by atoms with Crippen molar-refractivity contribution in [3.8, 4) is 5.88 Å². The number of amides is 2. The lowest BCUT2D eigenvalue weighted by Gasteiger charge is -2.35. The van der Waals surface area contributed by atoms with Gasteiger partial charge in [0.25, 0.3) is 0 Å². The maximum Gasteiger partial charge on any atom is 0.319 e. The molecule has 7 heteroatoms. The molecule has 2 aliphatic rings. The van der Waals surface area contributed by atoms with E-state index in [1.165, 1.54) is 7.11 Å². The van der Waals surface area contributed by atoms with Gasteiger partial charge in [-0.15, -0.1) is 0 Å². The van der Waals surface area contributed by atoms with Crippen molar-refractivity contribution in [1.29, 1.82) is 0 Å². The minimum Gasteiger partial charge on any atom is -0.480 e. The number of urea groups is 1. The fraction of sp³-hybridized carbons (Fsp3) is 0.600. The van der Waals surface area contributed by atoms with Gasteiger partial charge in [0.2, 0.25) is 5.88 Å². The van der Waals surface area contributed by atoms with Crippen molar-refractivity contribution in [2.45, 2.75) is 37.5 Å². The van der Waals surface area contributed by atoms with E-state index in [4.69, 9.17) is 14.2 Å². The van der Waals surface area contributed by atoms with Crippen molar-refractivity contribution in [3.05, 3.63) is 18.3 Å². The number of ether oxygens (including phenoxy) is 3. The van der Waals surface area contributed by atoms with Crippen LogP contribution in [0.5, 0.6) is 5.88 Å². The Labute approximate surface area is 129 Å². The number of aromatic nitrogens is 1. The molecule has 1 saturated heterocycles. The number of nitrogens with zero attached hydrogens (tertiary/aromatic N) is 1. The molecule has 2 heterocycles. The number of hydrogen-bond donors (Lipinski definition) is 2. The van der Waals surface area contributed by atoms with Gasteiger partial charge in [-0.2, -0.15) is 0 Å². The minimum atomic E-state index is -0.402. The molecule has 22 heavy (non-hydrogen) atoms. The van der Waals surface area contributed by atoms with Gasteiger partial charge < -0.3 is 24.8 Å². The van der Waals surface area contributed by atoms with Crippen LogP contribution in [-0.2, 0) is 9.47 Å². The fourth-order valence-electron chi connectivity index (χ4n) is 2.98. The van der Waals surface area contributed by atoms with Crippen LogP contribution in [0.3, 0.4) is 0 Å². The standard InChI is InChI=1S/C15H21N3O4/c1-20-13-12(3-2-8-16-13)18-14(19)17-11-4-6-15(7-5-11)21-9-10-22-15/h2-3,8,11H,4-7,9-10H2,1H3,(H2,17,18,19). The Morgan fingerprint density at radius 2 is 2.09 bits per heavy atom. The molecule has 2 N–H and O–H groups in total. The zero-order valence-electron chi connectivity index (χ0n) is 12.6. The van der Waals surface area contributed by atoms with E-state index >= 15 is 0 Å². The molecule has 1 aliphatic carbocycles. The van der Waals surface area contributed by atoms with E-state index in [9.17, 15) is 4.79 Å². The van der Waals surface area contributed by atoms with E-state index in [0.29, 0.717) is 24.8 Å². The molecule has 1 spiro atoms. The van der Waals surface area contributed by atoms with Gasteiger partial charge in [-0.25, -0.2) is 9.78 Å². The summed E-state index contributed by atoms with van der Waals surface area (Å²) in [4.78, 5) is 16.1. The summed E-state index contributed by atoms with van der Waals surface area (Å²) in [6.07, 6.45) is 4.93. The van der Waals surface area contributed by atoms with Crippen LogP contribution >= 0.6 is 0 Å². The highest BCUT2D eigenvalue weighted by molar-refractivity contribution is 5.90. The average molecular weight is 307 g/mol. The van der Waals surface area contributed by atoms with Crippen molar-refractivity contribution in [2.75, 3.05) is 25.6 Å². The first-order chi connectivity index (χ1) is 10.7. The summed E-state index contributed by atoms with van der Waals surface area (Å²) in [6.45, 7) is 1.33. The molecule has 1 saturated carbocycles. The van der Waals surface area contributed by atoms with Gasteiger partial charge in [-0.1, -0.05) is 0 Å². The second-order valence-corrected chi connectivity index (χ2v) is 5.54. The van der Waals surface area contributed by atoms with E-state index in [1.54, 1.807) is 18.3 Å². The van der Waals surface area contributed by atoms with Gasteiger partial charge in [0, 0.05) is 25.1 Å². The van der Waals surface area contributed by atoms with Gasteiger partial charge in [-0.3, -0.25) is 0 Å². The summed E-state index contributed by atoms with van der Waals surface area (Å²) in [5.74, 6) is -0.00526. The molecule has 3 rings (SSSR count). The van der Waals surface area contributed by atoms with Crippen molar-refractivity contribution < 1.29 is 19.0 Å². The lowest BCUT2D eigenvalue weighted by Crippen LogP contribution is -2.45. The molecule has 2 fully saturated rings. The van der Waals surface area contributed by atoms with Gasteiger partial charge in [0.15, 0.2) is 5.79 Å². The lowest BCUT2D eigenvalue weighted by atomic mass is 9.90. The van der Waals surface area contributed by atoms with Crippen LogP contribution in [0, 0.1) is 0 Å². The molecule has 0 aromatic carbocycles. The Balaban J connectivity index is 1.50. The van der Waals surface area contributed by atoms with Crippen LogP contribution in [0.1, 0.15) is 25.7 Å². The zero-order chi connectivity index (χ0) is 15.4. The van der Waals surface area contributed by atoms with Crippen LogP contribution < -0.4 is 15.4 Å². The predicted molar refractivity (Wildman–Crippen MR) is 79.8 cm³/mol. The number of nitrogens with one attached hydrogen (secondary N) is 2. The van der Waals surface area contributed by atoms with Crippen molar-refractivity contribution in [3.63, 3.8) is 0 Å². The third-order valence-corrected chi connectivity index (χ3v) is 4.11. The molecular formula is C15H21N3O4. The second kappa shape index (κ2) is 6.50. The van der Waals surface area contributed by atoms with Crippen LogP contribution in [-0.4, -0.2) is 43.2 Å². The van der Waals surface area contributed by atoms with Crippen LogP contribution in [0.2, 0.25) is 0 Å². The Bertz CT molecular complexity index is 521. The van der Waals surface area contributed by atoms with E-state index < -0.39 is 5.79 Å². The molecule has 0 unspecified atom stereocenters. The average Bonchev–Trinajstić information content (AvgIpc) is 2.99. The van der Waals surface area contributed by atoms with Crippen LogP contribution in [0.15, 0.2) is 18.3 Å². The van der Waals surface area contributed by atoms with Crippen LogP contribution in [0.4, 0.5) is 10.5 Å². The fourth-order valence-corrected chi connectivity index (χ4v) is 2.98. The zero-order valence-corrected chi connectivity index (χ0v) is 12.6. The Hall–Kier alpha value is -1.86. The van der Waals surface area contributed by atoms with Crippen molar-refractivity contribution in [2.24, 2.45) is 0 Å². The topological polar surface area (TPSA) is 81.7 Å². The summed E-state index contributed by atoms with van der Waals surface area (Å²) in [6, 6.07) is 3.38. The Morgan fingerprint density at radius 3 is 2.77 bits per heavy atom. The highest BCUT2D eigenvalue weighted by Gasteiger charge is 2.40. The molecular weight excluding hydrogens is 286 g/mol. The van der Waals surface area contributed by atoms with Gasteiger partial charge in [0.1, 0.15) is 5.69 Å². The van der Waals surface area contributed by atoms with Gasteiger partial charge in [0.05, 0.1) is 20.3 Å². The van der Waals surface area contributed by atoms with E-state index in [2.05, 4.69) is 15.6 Å². The number of anilines is 1. The number of rotatable bonds is 3. The molecule has 7 nitrogen and oxygen atoms in total. The molecule has 0 bridgehead atoms. The van der Waals surface area contributed by atoms with E-state index in [1.807, 2.05) is 0 Å². The van der Waals surface area contributed by atoms with Crippen molar-refractivity contribution in [1.82, 2.24) is 10.3 Å². The number of pyridine rings is 1. The summed E-state index contributed by atoms with van der Waals surface area (Å²) < 4.78 is 16.5. The lowest BCUT2D eigenvalue weighted by molar-refractivity contribution is -0.179. The molecule has 1 aromatic rings. The highest BCUT2D eigenvalue weighted by atomic mass is 16.7. The normalized spacial score (nSPS) is 20.8. The SMILES string of the molecule is COc1ncccc1NC(=O)NC1CCC2(CC1)OCCO2. The number of hydrogen-bond acceptors (Lipinski definition) is 5. The Morgan fingerprint density at radius 1 is 1.36 bits per heavy atom. The first kappa shape index (κ1) is 15.1. The summed E-state index contributed by atoms with van der Waals surface area (Å²) >= 11 is 0. The molecule has 0 atom stereocenters. The largest absolute Gasteiger partial charge is 0.480 e. The molecule has 120 valence electrons. The molecule has 2 amide bonds.